The van der Waals surface area contributed by atoms with Crippen LogP contribution < -0.4 is 10.5 Å². The number of hydrogen-bond donors (Lipinski definition) is 3. The normalized spacial score (nSPS) is 16.8. The van der Waals surface area contributed by atoms with E-state index in [4.69, 9.17) is 15.6 Å². The number of nitrogens with two attached hydrogens (primary N) is 1. The first-order valence-electron chi connectivity index (χ1n) is 5.88. The Hall–Kier alpha value is -1.84. The molecule has 0 bridgehead atoms. The maximum Gasteiger partial charge on any atom is 0.337 e. The van der Waals surface area contributed by atoms with Crippen LogP contribution in [0.15, 0.2) is 18.2 Å². The van der Waals surface area contributed by atoms with Crippen molar-refractivity contribution in [1.29, 1.82) is 0 Å². The molecule has 0 saturated carbocycles. The lowest BCUT2D eigenvalue weighted by molar-refractivity contribution is 0.0697. The minimum absolute atomic E-state index is 0.0156. The largest absolute Gasteiger partial charge is 0.478 e. The number of carboxylic acid groups (broad SMARTS) is 1. The molecule has 1 saturated heterocycles. The number of ether oxygens (including phenoxy) is 1. The lowest BCUT2D eigenvalue weighted by atomic mass is 10.1. The molecule has 0 aromatic heterocycles. The van der Waals surface area contributed by atoms with Gasteiger partial charge in [-0.05, 0) is 18.2 Å². The molecule has 0 unspecified atom stereocenters. The van der Waals surface area contributed by atoms with Crippen molar-refractivity contribution in [3.63, 3.8) is 0 Å². The van der Waals surface area contributed by atoms with Gasteiger partial charge in [-0.3, -0.25) is 4.72 Å². The van der Waals surface area contributed by atoms with Gasteiger partial charge in [-0.25, -0.2) is 4.79 Å². The van der Waals surface area contributed by atoms with E-state index in [0.29, 0.717) is 13.2 Å². The number of aromatic carboxylic acids is 1. The molecule has 1 heterocycles. The molecule has 1 aliphatic rings. The Labute approximate surface area is 116 Å². The van der Waals surface area contributed by atoms with Crippen molar-refractivity contribution in [3.8, 4) is 0 Å². The molecule has 8 nitrogen and oxygen atoms in total. The second-order valence-electron chi connectivity index (χ2n) is 4.23. The number of carbonyl (C=O) groups is 1. The van der Waals surface area contributed by atoms with Gasteiger partial charge in [-0.15, -0.1) is 0 Å². The van der Waals surface area contributed by atoms with E-state index in [-0.39, 0.29) is 30.0 Å². The second kappa shape index (κ2) is 5.65. The lowest BCUT2D eigenvalue weighted by Crippen LogP contribution is -2.43. The van der Waals surface area contributed by atoms with Crippen molar-refractivity contribution >= 4 is 27.6 Å². The van der Waals surface area contributed by atoms with E-state index in [1.54, 1.807) is 0 Å². The molecule has 1 aromatic rings. The highest BCUT2D eigenvalue weighted by Gasteiger charge is 2.25. The van der Waals surface area contributed by atoms with Crippen LogP contribution in [0.1, 0.15) is 10.4 Å². The Kier molecular flexibility index (Phi) is 4.12. The van der Waals surface area contributed by atoms with Crippen molar-refractivity contribution in [1.82, 2.24) is 4.31 Å². The van der Waals surface area contributed by atoms with Crippen LogP contribution in [0.5, 0.6) is 0 Å². The van der Waals surface area contributed by atoms with Gasteiger partial charge in [0, 0.05) is 18.8 Å². The van der Waals surface area contributed by atoms with Crippen LogP contribution in [0.25, 0.3) is 0 Å². The molecule has 0 radical (unpaired) electrons. The third kappa shape index (κ3) is 3.18. The average Bonchev–Trinajstić information content (AvgIpc) is 2.41. The monoisotopic (exact) mass is 301 g/mol. The minimum atomic E-state index is -3.81. The molecule has 1 aromatic carbocycles. The maximum atomic E-state index is 12.1. The predicted octanol–water partition coefficient (Wildman–Crippen LogP) is -0.0441. The van der Waals surface area contributed by atoms with Gasteiger partial charge in [-0.2, -0.15) is 12.7 Å². The van der Waals surface area contributed by atoms with E-state index in [1.807, 2.05) is 0 Å². The number of rotatable bonds is 4. The number of carboxylic acids is 1. The summed E-state index contributed by atoms with van der Waals surface area (Å²) in [4.78, 5) is 11.1. The molecular formula is C11H15N3O5S. The van der Waals surface area contributed by atoms with Crippen LogP contribution in [-0.2, 0) is 14.9 Å². The summed E-state index contributed by atoms with van der Waals surface area (Å²) < 4.78 is 32.9. The van der Waals surface area contributed by atoms with Crippen LogP contribution in [0.4, 0.5) is 11.4 Å². The molecule has 20 heavy (non-hydrogen) atoms. The van der Waals surface area contributed by atoms with E-state index >= 15 is 0 Å². The van der Waals surface area contributed by atoms with Crippen LogP contribution in [-0.4, -0.2) is 50.1 Å². The summed E-state index contributed by atoms with van der Waals surface area (Å²) in [6.07, 6.45) is 0. The first-order valence-corrected chi connectivity index (χ1v) is 7.32. The fourth-order valence-corrected chi connectivity index (χ4v) is 3.03. The van der Waals surface area contributed by atoms with Crippen molar-refractivity contribution in [3.05, 3.63) is 23.8 Å². The first-order chi connectivity index (χ1) is 9.40. The number of hydrogen-bond acceptors (Lipinski definition) is 5. The highest BCUT2D eigenvalue weighted by Crippen LogP contribution is 2.21. The average molecular weight is 301 g/mol. The lowest BCUT2D eigenvalue weighted by Gasteiger charge is -2.26. The summed E-state index contributed by atoms with van der Waals surface area (Å²) in [6.45, 7) is 1.09. The Morgan fingerprint density at radius 2 is 2.00 bits per heavy atom. The number of benzene rings is 1. The molecule has 9 heteroatoms. The minimum Gasteiger partial charge on any atom is -0.478 e. The van der Waals surface area contributed by atoms with Crippen molar-refractivity contribution in [2.45, 2.75) is 0 Å². The third-order valence-electron chi connectivity index (χ3n) is 2.82. The van der Waals surface area contributed by atoms with Crippen molar-refractivity contribution in [2.75, 3.05) is 36.8 Å². The van der Waals surface area contributed by atoms with Gasteiger partial charge in [0.1, 0.15) is 0 Å². The number of morpholine rings is 1. The van der Waals surface area contributed by atoms with Crippen LogP contribution in [0.2, 0.25) is 0 Å². The van der Waals surface area contributed by atoms with E-state index in [9.17, 15) is 13.2 Å². The van der Waals surface area contributed by atoms with Crippen molar-refractivity contribution in [2.24, 2.45) is 0 Å². The Morgan fingerprint density at radius 3 is 2.60 bits per heavy atom. The van der Waals surface area contributed by atoms with Crippen molar-refractivity contribution < 1.29 is 23.1 Å². The number of anilines is 2. The van der Waals surface area contributed by atoms with Crippen LogP contribution >= 0.6 is 0 Å². The molecule has 0 atom stereocenters. The van der Waals surface area contributed by atoms with Gasteiger partial charge < -0.3 is 15.6 Å². The van der Waals surface area contributed by atoms with Gasteiger partial charge in [0.05, 0.1) is 24.5 Å². The molecule has 1 aliphatic heterocycles. The first kappa shape index (κ1) is 14.6. The molecule has 2 rings (SSSR count). The standard InChI is InChI=1S/C11H15N3O5S/c12-8-1-2-10(9(7-8)11(15)16)13-20(17,18)14-3-5-19-6-4-14/h1-2,7,13H,3-6,12H2,(H,15,16). The Balaban J connectivity index is 2.27. The number of nitrogens with zero attached hydrogens (tertiary/aromatic N) is 1. The quantitative estimate of drug-likeness (QED) is 0.671. The Morgan fingerprint density at radius 1 is 1.35 bits per heavy atom. The fraction of sp³-hybridized carbons (Fsp3) is 0.364. The van der Waals surface area contributed by atoms with Crippen LogP contribution in [0.3, 0.4) is 0 Å². The summed E-state index contributed by atoms with van der Waals surface area (Å²) in [6, 6.07) is 3.97. The molecule has 0 amide bonds. The summed E-state index contributed by atoms with van der Waals surface area (Å²) in [5.74, 6) is -1.25. The molecule has 110 valence electrons. The molecule has 0 spiro atoms. The number of nitrogens with one attached hydrogen (secondary N) is 1. The van der Waals surface area contributed by atoms with Gasteiger partial charge in [-0.1, -0.05) is 0 Å². The summed E-state index contributed by atoms with van der Waals surface area (Å²) in [5.41, 5.74) is 5.54. The van der Waals surface area contributed by atoms with E-state index < -0.39 is 16.2 Å². The highest BCUT2D eigenvalue weighted by atomic mass is 32.2. The number of nitrogen functional groups attached to an aromatic ring is 1. The molecule has 1 fully saturated rings. The Bertz CT molecular complexity index is 610. The maximum absolute atomic E-state index is 12.1. The van der Waals surface area contributed by atoms with E-state index in [2.05, 4.69) is 4.72 Å². The summed E-state index contributed by atoms with van der Waals surface area (Å²) in [5, 5.41) is 9.07. The van der Waals surface area contributed by atoms with E-state index in [1.165, 1.54) is 22.5 Å². The summed E-state index contributed by atoms with van der Waals surface area (Å²) >= 11 is 0. The zero-order valence-electron chi connectivity index (χ0n) is 10.6. The van der Waals surface area contributed by atoms with Crippen LogP contribution in [0, 0.1) is 0 Å². The highest BCUT2D eigenvalue weighted by molar-refractivity contribution is 7.90. The fourth-order valence-electron chi connectivity index (χ4n) is 1.82. The third-order valence-corrected chi connectivity index (χ3v) is 4.35. The zero-order chi connectivity index (χ0) is 14.8. The SMILES string of the molecule is Nc1ccc(NS(=O)(=O)N2CCOCC2)c(C(=O)O)c1. The summed E-state index contributed by atoms with van der Waals surface area (Å²) in [7, 11) is -3.81. The zero-order valence-corrected chi connectivity index (χ0v) is 11.4. The van der Waals surface area contributed by atoms with Gasteiger partial charge in [0.15, 0.2) is 0 Å². The second-order valence-corrected chi connectivity index (χ2v) is 5.90. The van der Waals surface area contributed by atoms with Gasteiger partial charge in [0.2, 0.25) is 0 Å². The van der Waals surface area contributed by atoms with Gasteiger partial charge in [0.25, 0.3) is 0 Å². The molecule has 0 aliphatic carbocycles. The van der Waals surface area contributed by atoms with E-state index in [0.717, 1.165) is 0 Å². The smallest absolute Gasteiger partial charge is 0.337 e. The molecule has 4 N–H and O–H groups in total. The topological polar surface area (TPSA) is 122 Å². The van der Waals surface area contributed by atoms with Gasteiger partial charge >= 0.3 is 16.2 Å². The molecular weight excluding hydrogens is 286 g/mol. The predicted molar refractivity (Wildman–Crippen MR) is 72.7 cm³/mol.